The molecule has 0 aromatic carbocycles. The summed E-state index contributed by atoms with van der Waals surface area (Å²) in [7, 11) is 0. The Kier molecular flexibility index (Phi) is 5.20. The molecule has 1 aliphatic rings. The molecule has 7 heteroatoms. The third-order valence-electron chi connectivity index (χ3n) is 3.90. The summed E-state index contributed by atoms with van der Waals surface area (Å²) in [5, 5.41) is 0. The summed E-state index contributed by atoms with van der Waals surface area (Å²) in [6.07, 6.45) is 2.88. The van der Waals surface area contributed by atoms with Gasteiger partial charge in [0.25, 0.3) is 5.91 Å². The Balaban J connectivity index is 1.60. The molecule has 3 rings (SSSR count). The van der Waals surface area contributed by atoms with Crippen molar-refractivity contribution in [2.75, 3.05) is 26.2 Å². The summed E-state index contributed by atoms with van der Waals surface area (Å²) < 4.78 is 0. The molecule has 2 aromatic heterocycles. The van der Waals surface area contributed by atoms with E-state index in [2.05, 4.69) is 9.88 Å². The van der Waals surface area contributed by atoms with Gasteiger partial charge in [-0.25, -0.2) is 0 Å². The van der Waals surface area contributed by atoms with Gasteiger partial charge in [0.05, 0.1) is 15.3 Å². The standard InChI is InChI=1S/C16H19N3O2S2/c1-12(20)14-3-4-15(23-14)16(21)19-6-2-5-18(7-8-19)10-13-9-17-11-22-13/h3-4,9,11H,2,5-8,10H2,1H3. The van der Waals surface area contributed by atoms with Crippen LogP contribution in [-0.2, 0) is 6.54 Å². The number of carbonyl (C=O) groups is 2. The summed E-state index contributed by atoms with van der Waals surface area (Å²) in [6.45, 7) is 5.79. The van der Waals surface area contributed by atoms with Crippen LogP contribution >= 0.6 is 22.7 Å². The van der Waals surface area contributed by atoms with Crippen molar-refractivity contribution < 1.29 is 9.59 Å². The van der Waals surface area contributed by atoms with Crippen LogP contribution in [0.25, 0.3) is 0 Å². The molecule has 3 heterocycles. The lowest BCUT2D eigenvalue weighted by Gasteiger charge is -2.21. The molecule has 1 saturated heterocycles. The highest BCUT2D eigenvalue weighted by molar-refractivity contribution is 7.16. The molecule has 2 aromatic rings. The molecule has 5 nitrogen and oxygen atoms in total. The smallest absolute Gasteiger partial charge is 0.263 e. The molecule has 0 unspecified atom stereocenters. The fourth-order valence-electron chi connectivity index (χ4n) is 2.67. The molecule has 1 amide bonds. The molecular weight excluding hydrogens is 330 g/mol. The molecule has 0 bridgehead atoms. The topological polar surface area (TPSA) is 53.5 Å². The Labute approximate surface area is 143 Å². The van der Waals surface area contributed by atoms with Gasteiger partial charge < -0.3 is 4.90 Å². The minimum absolute atomic E-state index is 0.0145. The Morgan fingerprint density at radius 3 is 2.70 bits per heavy atom. The third-order valence-corrected chi connectivity index (χ3v) is 5.84. The van der Waals surface area contributed by atoms with Crippen LogP contribution in [0.5, 0.6) is 0 Å². The lowest BCUT2D eigenvalue weighted by Crippen LogP contribution is -2.34. The number of rotatable bonds is 4. The van der Waals surface area contributed by atoms with E-state index in [1.165, 1.54) is 23.1 Å². The minimum atomic E-state index is 0.0145. The van der Waals surface area contributed by atoms with Crippen molar-refractivity contribution in [2.24, 2.45) is 0 Å². The third kappa shape index (κ3) is 4.04. The van der Waals surface area contributed by atoms with Gasteiger partial charge in [0, 0.05) is 43.8 Å². The van der Waals surface area contributed by atoms with E-state index in [-0.39, 0.29) is 11.7 Å². The second-order valence-electron chi connectivity index (χ2n) is 5.61. The van der Waals surface area contributed by atoms with Crippen molar-refractivity contribution >= 4 is 34.4 Å². The van der Waals surface area contributed by atoms with Crippen molar-refractivity contribution in [1.29, 1.82) is 0 Å². The summed E-state index contributed by atoms with van der Waals surface area (Å²) in [4.78, 5) is 34.9. The Hall–Kier alpha value is -1.57. The molecule has 0 aliphatic carbocycles. The van der Waals surface area contributed by atoms with Crippen molar-refractivity contribution in [3.05, 3.63) is 38.5 Å². The van der Waals surface area contributed by atoms with Crippen molar-refractivity contribution in [1.82, 2.24) is 14.8 Å². The predicted molar refractivity (Wildman–Crippen MR) is 92.2 cm³/mol. The second kappa shape index (κ2) is 7.33. The van der Waals surface area contributed by atoms with Gasteiger partial charge in [-0.3, -0.25) is 19.5 Å². The minimum Gasteiger partial charge on any atom is -0.337 e. The average Bonchev–Trinajstić information content (AvgIpc) is 3.16. The van der Waals surface area contributed by atoms with Gasteiger partial charge in [0.1, 0.15) is 0 Å². The van der Waals surface area contributed by atoms with Crippen molar-refractivity contribution in [3.8, 4) is 0 Å². The van der Waals surface area contributed by atoms with Gasteiger partial charge in [-0.05, 0) is 25.5 Å². The SMILES string of the molecule is CC(=O)c1ccc(C(=O)N2CCCN(Cc3cncs3)CC2)s1. The summed E-state index contributed by atoms with van der Waals surface area (Å²) in [6, 6.07) is 3.51. The fourth-order valence-corrected chi connectivity index (χ4v) is 4.18. The van der Waals surface area contributed by atoms with E-state index in [4.69, 9.17) is 0 Å². The number of nitrogens with zero attached hydrogens (tertiary/aromatic N) is 3. The number of hydrogen-bond acceptors (Lipinski definition) is 6. The summed E-state index contributed by atoms with van der Waals surface area (Å²) >= 11 is 2.96. The zero-order valence-corrected chi connectivity index (χ0v) is 14.7. The van der Waals surface area contributed by atoms with E-state index in [1.807, 2.05) is 16.6 Å². The maximum absolute atomic E-state index is 12.6. The van der Waals surface area contributed by atoms with Crippen LogP contribution in [0.1, 0.15) is 37.6 Å². The highest BCUT2D eigenvalue weighted by Crippen LogP contribution is 2.20. The van der Waals surface area contributed by atoms with Crippen LogP contribution in [-0.4, -0.2) is 52.7 Å². The number of aromatic nitrogens is 1. The first-order valence-corrected chi connectivity index (χ1v) is 9.33. The van der Waals surface area contributed by atoms with Crippen LogP contribution in [0, 0.1) is 0 Å². The Morgan fingerprint density at radius 1 is 1.17 bits per heavy atom. The number of hydrogen-bond donors (Lipinski definition) is 0. The van der Waals surface area contributed by atoms with Crippen molar-refractivity contribution in [3.63, 3.8) is 0 Å². The molecule has 1 aliphatic heterocycles. The number of thiophene rings is 1. The van der Waals surface area contributed by atoms with Crippen LogP contribution in [0.4, 0.5) is 0 Å². The number of carbonyl (C=O) groups excluding carboxylic acids is 2. The van der Waals surface area contributed by atoms with Crippen LogP contribution in [0.2, 0.25) is 0 Å². The zero-order valence-electron chi connectivity index (χ0n) is 13.0. The average molecular weight is 349 g/mol. The van der Waals surface area contributed by atoms with E-state index in [9.17, 15) is 9.59 Å². The highest BCUT2D eigenvalue weighted by atomic mass is 32.1. The van der Waals surface area contributed by atoms with Gasteiger partial charge in [-0.2, -0.15) is 0 Å². The molecule has 1 fully saturated rings. The summed E-state index contributed by atoms with van der Waals surface area (Å²) in [5.41, 5.74) is 1.85. The van der Waals surface area contributed by atoms with Gasteiger partial charge in [0.2, 0.25) is 0 Å². The molecular formula is C16H19N3O2S2. The van der Waals surface area contributed by atoms with Crippen LogP contribution in [0.3, 0.4) is 0 Å². The van der Waals surface area contributed by atoms with Crippen LogP contribution < -0.4 is 0 Å². The molecule has 122 valence electrons. The first-order valence-electron chi connectivity index (χ1n) is 7.63. The quantitative estimate of drug-likeness (QED) is 0.797. The van der Waals surface area contributed by atoms with Crippen molar-refractivity contribution in [2.45, 2.75) is 19.9 Å². The predicted octanol–water partition coefficient (Wildman–Crippen LogP) is 2.76. The first kappa shape index (κ1) is 16.3. The largest absolute Gasteiger partial charge is 0.337 e. The van der Waals surface area contributed by atoms with Gasteiger partial charge in [-0.15, -0.1) is 22.7 Å². The zero-order chi connectivity index (χ0) is 16.2. The fraction of sp³-hybridized carbons (Fsp3) is 0.438. The van der Waals surface area contributed by atoms with Gasteiger partial charge in [0.15, 0.2) is 5.78 Å². The molecule has 0 spiro atoms. The maximum Gasteiger partial charge on any atom is 0.263 e. The molecule has 23 heavy (non-hydrogen) atoms. The number of Topliss-reactive ketones (excluding diaryl/α,β-unsaturated/α-hetero) is 1. The molecule has 0 radical (unpaired) electrons. The van der Waals surface area contributed by atoms with Gasteiger partial charge in [-0.1, -0.05) is 0 Å². The lowest BCUT2D eigenvalue weighted by atomic mass is 10.3. The van der Waals surface area contributed by atoms with Crippen LogP contribution in [0.15, 0.2) is 23.8 Å². The highest BCUT2D eigenvalue weighted by Gasteiger charge is 2.22. The van der Waals surface area contributed by atoms with E-state index in [0.29, 0.717) is 9.75 Å². The Morgan fingerprint density at radius 2 is 2.00 bits per heavy atom. The lowest BCUT2D eigenvalue weighted by molar-refractivity contribution is 0.0766. The number of amides is 1. The first-order chi connectivity index (χ1) is 11.1. The van der Waals surface area contributed by atoms with E-state index in [1.54, 1.807) is 23.5 Å². The van der Waals surface area contributed by atoms with E-state index < -0.39 is 0 Å². The molecule has 0 N–H and O–H groups in total. The normalized spacial score (nSPS) is 16.3. The monoisotopic (exact) mass is 349 g/mol. The molecule has 0 atom stereocenters. The number of ketones is 1. The van der Waals surface area contributed by atoms with E-state index >= 15 is 0 Å². The van der Waals surface area contributed by atoms with E-state index in [0.717, 1.165) is 39.1 Å². The molecule has 0 saturated carbocycles. The van der Waals surface area contributed by atoms with Gasteiger partial charge >= 0.3 is 0 Å². The Bertz CT molecular complexity index is 681. The maximum atomic E-state index is 12.6. The summed E-state index contributed by atoms with van der Waals surface area (Å²) in [5.74, 6) is 0.0581. The number of thiazole rings is 1. The second-order valence-corrected chi connectivity index (χ2v) is 7.66.